The van der Waals surface area contributed by atoms with Gasteiger partial charge in [-0.1, -0.05) is 40.5 Å². The van der Waals surface area contributed by atoms with Crippen molar-refractivity contribution in [3.05, 3.63) is 11.8 Å². The fourth-order valence-electron chi connectivity index (χ4n) is 2.10. The van der Waals surface area contributed by atoms with E-state index >= 15 is 0 Å². The number of hydrogen-bond donors (Lipinski definition) is 0. The van der Waals surface area contributed by atoms with E-state index in [0.717, 1.165) is 5.76 Å². The zero-order valence-electron chi connectivity index (χ0n) is 10.3. The first-order chi connectivity index (χ1) is 6.48. The molecule has 14 heavy (non-hydrogen) atoms. The molecule has 0 N–H and O–H groups in total. The van der Waals surface area contributed by atoms with E-state index in [-0.39, 0.29) is 5.41 Å². The van der Waals surface area contributed by atoms with Gasteiger partial charge in [0.1, 0.15) is 6.10 Å². The molecule has 1 rings (SSSR count). The van der Waals surface area contributed by atoms with Crippen LogP contribution in [0.3, 0.4) is 0 Å². The highest BCUT2D eigenvalue weighted by atomic mass is 16.5. The molecule has 0 spiro atoms. The average molecular weight is 196 g/mol. The maximum absolute atomic E-state index is 5.94. The van der Waals surface area contributed by atoms with E-state index in [1.807, 2.05) is 0 Å². The molecule has 2 unspecified atom stereocenters. The minimum atomic E-state index is 0.286. The van der Waals surface area contributed by atoms with Crippen molar-refractivity contribution >= 4 is 0 Å². The number of ether oxygens (including phenoxy) is 1. The molecule has 1 nitrogen and oxygen atoms in total. The van der Waals surface area contributed by atoms with E-state index in [1.54, 1.807) is 0 Å². The molecule has 0 bridgehead atoms. The first kappa shape index (κ1) is 11.6. The summed E-state index contributed by atoms with van der Waals surface area (Å²) >= 11 is 0. The lowest BCUT2D eigenvalue weighted by molar-refractivity contribution is -0.0290. The normalized spacial score (nSPS) is 30.8. The van der Waals surface area contributed by atoms with E-state index in [0.29, 0.717) is 12.0 Å². The molecule has 1 aliphatic heterocycles. The molecule has 2 atom stereocenters. The Morgan fingerprint density at radius 2 is 2.07 bits per heavy atom. The van der Waals surface area contributed by atoms with Crippen molar-refractivity contribution < 1.29 is 4.74 Å². The summed E-state index contributed by atoms with van der Waals surface area (Å²) in [5, 5.41) is 0. The standard InChI is InChI=1S/C13H24O/c1-6-7-8-12-13(4,5)10(2)9-11(3)14-12/h9-10,12H,6-8H2,1-5H3. The second kappa shape index (κ2) is 4.37. The zero-order valence-corrected chi connectivity index (χ0v) is 10.3. The third-order valence-corrected chi connectivity index (χ3v) is 3.64. The Morgan fingerprint density at radius 1 is 1.43 bits per heavy atom. The smallest absolute Gasteiger partial charge is 0.104 e. The summed E-state index contributed by atoms with van der Waals surface area (Å²) in [5.74, 6) is 1.73. The second-order valence-corrected chi connectivity index (χ2v) is 5.14. The Kier molecular flexibility index (Phi) is 3.63. The molecule has 1 heterocycles. The van der Waals surface area contributed by atoms with Crippen molar-refractivity contribution in [1.82, 2.24) is 0 Å². The number of allylic oxidation sites excluding steroid dienone is 2. The van der Waals surface area contributed by atoms with Gasteiger partial charge in [0, 0.05) is 5.41 Å². The second-order valence-electron chi connectivity index (χ2n) is 5.14. The van der Waals surface area contributed by atoms with Crippen LogP contribution in [0.15, 0.2) is 11.8 Å². The van der Waals surface area contributed by atoms with Gasteiger partial charge in [-0.3, -0.25) is 0 Å². The molecular weight excluding hydrogens is 172 g/mol. The van der Waals surface area contributed by atoms with Crippen LogP contribution in [0.2, 0.25) is 0 Å². The van der Waals surface area contributed by atoms with Crippen LogP contribution >= 0.6 is 0 Å². The van der Waals surface area contributed by atoms with Crippen LogP contribution in [0, 0.1) is 11.3 Å². The van der Waals surface area contributed by atoms with Gasteiger partial charge in [0.15, 0.2) is 0 Å². The summed E-state index contributed by atoms with van der Waals surface area (Å²) in [6.45, 7) is 11.2. The Balaban J connectivity index is 2.70. The van der Waals surface area contributed by atoms with Crippen molar-refractivity contribution in [2.24, 2.45) is 11.3 Å². The molecular formula is C13H24O. The van der Waals surface area contributed by atoms with Crippen LogP contribution in [0.5, 0.6) is 0 Å². The van der Waals surface area contributed by atoms with Gasteiger partial charge in [-0.15, -0.1) is 0 Å². The lowest BCUT2D eigenvalue weighted by atomic mass is 9.72. The van der Waals surface area contributed by atoms with Crippen LogP contribution in [0.4, 0.5) is 0 Å². The van der Waals surface area contributed by atoms with Crippen molar-refractivity contribution in [2.75, 3.05) is 0 Å². The quantitative estimate of drug-likeness (QED) is 0.659. The summed E-state index contributed by atoms with van der Waals surface area (Å²) < 4.78 is 5.94. The molecule has 1 aliphatic rings. The highest BCUT2D eigenvalue weighted by molar-refractivity contribution is 5.05. The molecule has 0 aromatic carbocycles. The monoisotopic (exact) mass is 196 g/mol. The predicted octanol–water partition coefficient (Wildman–Crippen LogP) is 4.14. The molecule has 1 heteroatoms. The molecule has 0 saturated heterocycles. The SMILES string of the molecule is CCCCC1OC(C)=CC(C)C1(C)C. The van der Waals surface area contributed by atoms with Gasteiger partial charge < -0.3 is 4.74 Å². The predicted molar refractivity (Wildman–Crippen MR) is 61.1 cm³/mol. The highest BCUT2D eigenvalue weighted by Gasteiger charge is 2.38. The first-order valence-corrected chi connectivity index (χ1v) is 5.83. The van der Waals surface area contributed by atoms with Gasteiger partial charge in [0.25, 0.3) is 0 Å². The van der Waals surface area contributed by atoms with E-state index in [1.165, 1.54) is 19.3 Å². The zero-order chi connectivity index (χ0) is 10.8. The number of unbranched alkanes of at least 4 members (excludes halogenated alkanes) is 1. The van der Waals surface area contributed by atoms with Crippen molar-refractivity contribution in [1.29, 1.82) is 0 Å². The van der Waals surface area contributed by atoms with E-state index in [4.69, 9.17) is 4.74 Å². The van der Waals surface area contributed by atoms with E-state index in [2.05, 4.69) is 40.7 Å². The summed E-state index contributed by atoms with van der Waals surface area (Å²) in [7, 11) is 0. The van der Waals surface area contributed by atoms with E-state index in [9.17, 15) is 0 Å². The van der Waals surface area contributed by atoms with Gasteiger partial charge in [0.05, 0.1) is 5.76 Å². The van der Waals surface area contributed by atoms with Crippen molar-refractivity contribution in [2.45, 2.75) is 60.0 Å². The summed E-state index contributed by atoms with van der Waals surface area (Å²) in [5.41, 5.74) is 0.286. The van der Waals surface area contributed by atoms with Crippen LogP contribution in [-0.4, -0.2) is 6.10 Å². The Bertz CT molecular complexity index is 215. The molecule has 0 fully saturated rings. The lowest BCUT2D eigenvalue weighted by Crippen LogP contribution is -2.39. The summed E-state index contributed by atoms with van der Waals surface area (Å²) in [6.07, 6.45) is 6.38. The third-order valence-electron chi connectivity index (χ3n) is 3.64. The Labute approximate surface area is 88.5 Å². The molecule has 0 radical (unpaired) electrons. The topological polar surface area (TPSA) is 9.23 Å². The Hall–Kier alpha value is -0.460. The fraction of sp³-hybridized carbons (Fsp3) is 0.846. The van der Waals surface area contributed by atoms with Crippen LogP contribution < -0.4 is 0 Å². The Morgan fingerprint density at radius 3 is 2.64 bits per heavy atom. The molecule has 82 valence electrons. The fourth-order valence-corrected chi connectivity index (χ4v) is 2.10. The number of rotatable bonds is 3. The minimum Gasteiger partial charge on any atom is -0.495 e. The van der Waals surface area contributed by atoms with Crippen molar-refractivity contribution in [3.63, 3.8) is 0 Å². The summed E-state index contributed by atoms with van der Waals surface area (Å²) in [6, 6.07) is 0. The van der Waals surface area contributed by atoms with Gasteiger partial charge in [-0.25, -0.2) is 0 Å². The van der Waals surface area contributed by atoms with Gasteiger partial charge in [-0.05, 0) is 25.3 Å². The molecule has 0 aromatic rings. The van der Waals surface area contributed by atoms with Crippen LogP contribution in [-0.2, 0) is 4.74 Å². The highest BCUT2D eigenvalue weighted by Crippen LogP contribution is 2.40. The van der Waals surface area contributed by atoms with Crippen LogP contribution in [0.25, 0.3) is 0 Å². The maximum atomic E-state index is 5.94. The third kappa shape index (κ3) is 2.31. The van der Waals surface area contributed by atoms with Crippen molar-refractivity contribution in [3.8, 4) is 0 Å². The van der Waals surface area contributed by atoms with Crippen LogP contribution in [0.1, 0.15) is 53.9 Å². The van der Waals surface area contributed by atoms with Gasteiger partial charge >= 0.3 is 0 Å². The molecule has 0 amide bonds. The largest absolute Gasteiger partial charge is 0.495 e. The maximum Gasteiger partial charge on any atom is 0.104 e. The number of hydrogen-bond acceptors (Lipinski definition) is 1. The molecule has 0 saturated carbocycles. The molecule has 0 aromatic heterocycles. The summed E-state index contributed by atoms with van der Waals surface area (Å²) in [4.78, 5) is 0. The first-order valence-electron chi connectivity index (χ1n) is 5.83. The minimum absolute atomic E-state index is 0.286. The van der Waals surface area contributed by atoms with Gasteiger partial charge in [-0.2, -0.15) is 0 Å². The molecule has 0 aliphatic carbocycles. The lowest BCUT2D eigenvalue weighted by Gasteiger charge is -2.42. The van der Waals surface area contributed by atoms with Gasteiger partial charge in [0.2, 0.25) is 0 Å². The average Bonchev–Trinajstić information content (AvgIpc) is 2.09. The van der Waals surface area contributed by atoms with E-state index < -0.39 is 0 Å².